The third-order valence-electron chi connectivity index (χ3n) is 5.54. The highest BCUT2D eigenvalue weighted by Gasteiger charge is 2.46. The molecule has 1 atom stereocenters. The number of ketones is 1. The minimum absolute atomic E-state index is 0.0832. The van der Waals surface area contributed by atoms with Gasteiger partial charge < -0.3 is 9.84 Å². The summed E-state index contributed by atoms with van der Waals surface area (Å²) in [6.07, 6.45) is 0. The van der Waals surface area contributed by atoms with Gasteiger partial charge in [0.2, 0.25) is 5.78 Å². The van der Waals surface area contributed by atoms with Crippen molar-refractivity contribution in [2.75, 3.05) is 12.0 Å². The minimum atomic E-state index is -0.982. The van der Waals surface area contributed by atoms with Gasteiger partial charge in [-0.15, -0.1) is 11.3 Å². The molecule has 0 spiro atoms. The summed E-state index contributed by atoms with van der Waals surface area (Å²) in [6.45, 7) is 3.48. The molecule has 3 heterocycles. The second-order valence-electron chi connectivity index (χ2n) is 7.70. The van der Waals surface area contributed by atoms with Gasteiger partial charge in [0, 0.05) is 0 Å². The Morgan fingerprint density at radius 1 is 1.12 bits per heavy atom. The number of carbonyl (C=O) groups excluding carboxylic acids is 2. The van der Waals surface area contributed by atoms with Gasteiger partial charge in [0.25, 0.3) is 5.91 Å². The zero-order valence-electron chi connectivity index (χ0n) is 18.3. The van der Waals surface area contributed by atoms with Gasteiger partial charge in [0.05, 0.1) is 44.5 Å². The van der Waals surface area contributed by atoms with Gasteiger partial charge in [-0.3, -0.25) is 14.5 Å². The van der Waals surface area contributed by atoms with Crippen LogP contribution >= 0.6 is 22.7 Å². The molecule has 0 radical (unpaired) electrons. The molecule has 1 N–H and O–H groups in total. The average molecular weight is 496 g/mol. The first-order valence-electron chi connectivity index (χ1n) is 10.2. The number of aromatic nitrogens is 2. The Morgan fingerprint density at radius 2 is 1.85 bits per heavy atom. The van der Waals surface area contributed by atoms with E-state index in [1.165, 1.54) is 51.8 Å². The molecule has 172 valence electrons. The Labute approximate surface area is 201 Å². The fourth-order valence-corrected chi connectivity index (χ4v) is 5.88. The summed E-state index contributed by atoms with van der Waals surface area (Å²) in [7, 11) is 1.56. The van der Waals surface area contributed by atoms with Crippen LogP contribution in [0.15, 0.2) is 53.8 Å². The standard InChI is InChI=1S/C24H18FN3O4S2/c1-11-22(33-12(2)26-11)20(29)18-19(13-4-6-14(25)7-5-13)28(23(31)21(18)30)24-27-16-9-8-15(32-3)10-17(16)34-24/h4-10,19,30H,1-3H3. The molecule has 0 fully saturated rings. The maximum absolute atomic E-state index is 13.7. The van der Waals surface area contributed by atoms with Gasteiger partial charge in [-0.1, -0.05) is 23.5 Å². The quantitative estimate of drug-likeness (QED) is 0.378. The number of aliphatic hydroxyl groups is 1. The smallest absolute Gasteiger partial charge is 0.296 e. The van der Waals surface area contributed by atoms with Crippen molar-refractivity contribution < 1.29 is 23.8 Å². The molecule has 34 heavy (non-hydrogen) atoms. The van der Waals surface area contributed by atoms with Crippen LogP contribution in [0.2, 0.25) is 0 Å². The van der Waals surface area contributed by atoms with Crippen molar-refractivity contribution in [3.63, 3.8) is 0 Å². The lowest BCUT2D eigenvalue weighted by Crippen LogP contribution is -2.31. The van der Waals surface area contributed by atoms with Gasteiger partial charge >= 0.3 is 0 Å². The molecule has 1 aliphatic rings. The number of Topliss-reactive ketones (excluding diaryl/α,β-unsaturated/α-hetero) is 1. The first-order valence-corrected chi connectivity index (χ1v) is 11.9. The number of nitrogens with zero attached hydrogens (tertiary/aromatic N) is 3. The van der Waals surface area contributed by atoms with Gasteiger partial charge in [0.1, 0.15) is 11.6 Å². The predicted octanol–water partition coefficient (Wildman–Crippen LogP) is 5.30. The number of amides is 1. The van der Waals surface area contributed by atoms with Crippen LogP contribution in [-0.2, 0) is 4.79 Å². The van der Waals surface area contributed by atoms with E-state index in [1.807, 2.05) is 0 Å². The summed E-state index contributed by atoms with van der Waals surface area (Å²) in [5, 5.41) is 11.9. The monoisotopic (exact) mass is 495 g/mol. The number of hydrogen-bond donors (Lipinski definition) is 1. The first-order chi connectivity index (χ1) is 16.3. The van der Waals surface area contributed by atoms with Crippen molar-refractivity contribution >= 4 is 49.7 Å². The van der Waals surface area contributed by atoms with Crippen molar-refractivity contribution in [3.05, 3.63) is 80.8 Å². The number of hydrogen-bond acceptors (Lipinski definition) is 8. The largest absolute Gasteiger partial charge is 0.503 e. The number of ether oxygens (including phenoxy) is 1. The topological polar surface area (TPSA) is 92.6 Å². The Hall–Kier alpha value is -3.63. The summed E-state index contributed by atoms with van der Waals surface area (Å²) in [5.74, 6) is -1.71. The highest BCUT2D eigenvalue weighted by molar-refractivity contribution is 7.22. The Kier molecular flexibility index (Phi) is 5.41. The van der Waals surface area contributed by atoms with E-state index in [9.17, 15) is 19.1 Å². The van der Waals surface area contributed by atoms with Crippen LogP contribution in [0.4, 0.5) is 9.52 Å². The number of methoxy groups -OCH3 is 1. The van der Waals surface area contributed by atoms with Crippen LogP contribution in [0, 0.1) is 19.7 Å². The zero-order chi connectivity index (χ0) is 24.1. The average Bonchev–Trinajstić information content (AvgIpc) is 3.46. The minimum Gasteiger partial charge on any atom is -0.503 e. The summed E-state index contributed by atoms with van der Waals surface area (Å²) in [5.41, 5.74) is 1.54. The molecule has 7 nitrogen and oxygen atoms in total. The molecular weight excluding hydrogens is 477 g/mol. The van der Waals surface area contributed by atoms with E-state index in [-0.39, 0.29) is 5.57 Å². The summed E-state index contributed by atoms with van der Waals surface area (Å²) < 4.78 is 19.7. The fraction of sp³-hybridized carbons (Fsp3) is 0.167. The SMILES string of the molecule is COc1ccc2nc(N3C(=O)C(O)=C(C(=O)c4sc(C)nc4C)C3c3ccc(F)cc3)sc2c1. The van der Waals surface area contributed by atoms with Crippen molar-refractivity contribution in [2.24, 2.45) is 0 Å². The number of thiazole rings is 2. The number of fused-ring (bicyclic) bond motifs is 1. The van der Waals surface area contributed by atoms with Crippen molar-refractivity contribution in [3.8, 4) is 5.75 Å². The van der Waals surface area contributed by atoms with E-state index >= 15 is 0 Å². The van der Waals surface area contributed by atoms with Crippen LogP contribution in [0.5, 0.6) is 5.75 Å². The van der Waals surface area contributed by atoms with Gasteiger partial charge in [-0.25, -0.2) is 14.4 Å². The Balaban J connectivity index is 1.67. The second kappa shape index (κ2) is 8.30. The van der Waals surface area contributed by atoms with Crippen molar-refractivity contribution in [2.45, 2.75) is 19.9 Å². The molecule has 10 heteroatoms. The highest BCUT2D eigenvalue weighted by Crippen LogP contribution is 2.45. The molecule has 0 saturated carbocycles. The molecule has 5 rings (SSSR count). The van der Waals surface area contributed by atoms with Crippen LogP contribution < -0.4 is 9.64 Å². The third-order valence-corrected chi connectivity index (χ3v) is 7.63. The van der Waals surface area contributed by atoms with Crippen LogP contribution in [-0.4, -0.2) is 33.9 Å². The second-order valence-corrected chi connectivity index (χ2v) is 9.91. The molecule has 2 aromatic carbocycles. The van der Waals surface area contributed by atoms with E-state index in [4.69, 9.17) is 4.74 Å². The number of carbonyl (C=O) groups is 2. The van der Waals surface area contributed by atoms with Crippen LogP contribution in [0.1, 0.15) is 32.0 Å². The normalized spacial score (nSPS) is 16.1. The van der Waals surface area contributed by atoms with Crippen LogP contribution in [0.3, 0.4) is 0 Å². The van der Waals surface area contributed by atoms with E-state index in [0.29, 0.717) is 37.5 Å². The number of aryl methyl sites for hydroxylation is 2. The number of benzene rings is 2. The zero-order valence-corrected chi connectivity index (χ0v) is 20.0. The molecule has 0 saturated heterocycles. The Morgan fingerprint density at radius 3 is 2.50 bits per heavy atom. The molecule has 0 aliphatic carbocycles. The van der Waals surface area contributed by atoms with Crippen molar-refractivity contribution in [1.82, 2.24) is 9.97 Å². The maximum atomic E-state index is 13.7. The van der Waals surface area contributed by atoms with Crippen LogP contribution in [0.25, 0.3) is 10.2 Å². The number of anilines is 1. The lowest BCUT2D eigenvalue weighted by atomic mass is 9.95. The molecule has 1 unspecified atom stereocenters. The maximum Gasteiger partial charge on any atom is 0.296 e. The van der Waals surface area contributed by atoms with Gasteiger partial charge in [-0.2, -0.15) is 0 Å². The molecule has 1 aliphatic heterocycles. The van der Waals surface area contributed by atoms with Crippen molar-refractivity contribution in [1.29, 1.82) is 0 Å². The fourth-order valence-electron chi connectivity index (χ4n) is 3.98. The number of halogens is 1. The Bertz CT molecular complexity index is 1490. The van der Waals surface area contributed by atoms with E-state index in [2.05, 4.69) is 9.97 Å². The number of rotatable bonds is 5. The van der Waals surface area contributed by atoms with E-state index in [0.717, 1.165) is 4.70 Å². The first kappa shape index (κ1) is 22.2. The molecule has 0 bridgehead atoms. The third kappa shape index (κ3) is 3.55. The summed E-state index contributed by atoms with van der Waals surface area (Å²) in [4.78, 5) is 37.4. The predicted molar refractivity (Wildman–Crippen MR) is 128 cm³/mol. The summed E-state index contributed by atoms with van der Waals surface area (Å²) in [6, 6.07) is 9.83. The molecule has 4 aromatic rings. The lowest BCUT2D eigenvalue weighted by Gasteiger charge is -2.24. The van der Waals surface area contributed by atoms with E-state index < -0.39 is 29.3 Å². The molecule has 1 amide bonds. The summed E-state index contributed by atoms with van der Waals surface area (Å²) >= 11 is 2.42. The van der Waals surface area contributed by atoms with Gasteiger partial charge in [0.15, 0.2) is 10.9 Å². The molecule has 2 aromatic heterocycles. The molecular formula is C24H18FN3O4S2. The van der Waals surface area contributed by atoms with Gasteiger partial charge in [-0.05, 0) is 49.7 Å². The number of aliphatic hydroxyl groups excluding tert-OH is 1. The highest BCUT2D eigenvalue weighted by atomic mass is 32.1. The van der Waals surface area contributed by atoms with E-state index in [1.54, 1.807) is 39.2 Å². The lowest BCUT2D eigenvalue weighted by molar-refractivity contribution is -0.117.